The molecule has 0 aliphatic rings. The van der Waals surface area contributed by atoms with Crippen LogP contribution in [0.2, 0.25) is 0 Å². The minimum atomic E-state index is -1.20. The third kappa shape index (κ3) is 14.6. The summed E-state index contributed by atoms with van der Waals surface area (Å²) in [6.45, 7) is 15.4. The van der Waals surface area contributed by atoms with Gasteiger partial charge in [-0.25, -0.2) is 24.0 Å². The fraction of sp³-hybridized carbons (Fsp3) is 0.469. The predicted octanol–water partition coefficient (Wildman–Crippen LogP) is 3.31. The van der Waals surface area contributed by atoms with Crippen molar-refractivity contribution in [1.82, 2.24) is 0 Å². The number of hydrogen-bond acceptors (Lipinski definition) is 14. The summed E-state index contributed by atoms with van der Waals surface area (Å²) in [5.74, 6) is -5.96. The standard InChI is InChI=1S/C32H40O14/c1-18(2)27(35)40-13-23(45-20(5)33)15-42-29(37)22-10-11-25(30(38)44-17-32(7,8)9)26(12-22)31(39)43-16-24(46-21(6)34)14-41-28(36)19(3)4/h10-12,23-24H,1,3,13-17H2,2,4-9H3. The number of esters is 7. The highest BCUT2D eigenvalue weighted by atomic mass is 16.6. The smallest absolute Gasteiger partial charge is 0.339 e. The van der Waals surface area contributed by atoms with Crippen LogP contribution in [0.5, 0.6) is 0 Å². The van der Waals surface area contributed by atoms with Crippen LogP contribution < -0.4 is 0 Å². The summed E-state index contributed by atoms with van der Waals surface area (Å²) in [4.78, 5) is 85.6. The summed E-state index contributed by atoms with van der Waals surface area (Å²) < 4.78 is 35.9. The summed E-state index contributed by atoms with van der Waals surface area (Å²) in [6.07, 6.45) is -2.36. The van der Waals surface area contributed by atoms with Gasteiger partial charge >= 0.3 is 41.8 Å². The van der Waals surface area contributed by atoms with Crippen molar-refractivity contribution in [1.29, 1.82) is 0 Å². The first-order valence-corrected chi connectivity index (χ1v) is 14.0. The molecule has 0 N–H and O–H groups in total. The molecule has 0 radical (unpaired) electrons. The molecule has 0 saturated carbocycles. The van der Waals surface area contributed by atoms with Gasteiger partial charge in [0.05, 0.1) is 23.3 Å². The quantitative estimate of drug-likeness (QED) is 0.144. The molecule has 14 nitrogen and oxygen atoms in total. The lowest BCUT2D eigenvalue weighted by Crippen LogP contribution is -2.31. The van der Waals surface area contributed by atoms with Gasteiger partial charge in [-0.2, -0.15) is 0 Å². The van der Waals surface area contributed by atoms with Crippen molar-refractivity contribution in [2.45, 2.75) is 60.7 Å². The molecule has 0 fully saturated rings. The summed E-state index contributed by atoms with van der Waals surface area (Å²) in [7, 11) is 0. The van der Waals surface area contributed by atoms with E-state index in [1.54, 1.807) is 0 Å². The number of carbonyl (C=O) groups excluding carboxylic acids is 7. The monoisotopic (exact) mass is 648 g/mol. The SMILES string of the molecule is C=C(C)C(=O)OCC(COC(=O)c1ccc(C(=O)OCC(C)(C)C)c(C(=O)OCC(COC(=O)C(=C)C)OC(C)=O)c1)OC(C)=O. The largest absolute Gasteiger partial charge is 0.462 e. The zero-order valence-electron chi connectivity index (χ0n) is 27.1. The van der Waals surface area contributed by atoms with Gasteiger partial charge in [0, 0.05) is 25.0 Å². The second kappa shape index (κ2) is 18.1. The maximum Gasteiger partial charge on any atom is 0.339 e. The Hall–Kier alpha value is -5.01. The van der Waals surface area contributed by atoms with Crippen LogP contribution in [0.1, 0.15) is 79.5 Å². The van der Waals surface area contributed by atoms with Crippen molar-refractivity contribution in [3.05, 3.63) is 59.2 Å². The minimum Gasteiger partial charge on any atom is -0.462 e. The molecule has 0 heterocycles. The highest BCUT2D eigenvalue weighted by Crippen LogP contribution is 2.20. The lowest BCUT2D eigenvalue weighted by Gasteiger charge is -2.20. The Morgan fingerprint density at radius 3 is 1.43 bits per heavy atom. The molecule has 0 spiro atoms. The molecular formula is C32H40O14. The maximum atomic E-state index is 13.2. The first kappa shape index (κ1) is 39.0. The van der Waals surface area contributed by atoms with Crippen molar-refractivity contribution in [3.63, 3.8) is 0 Å². The Morgan fingerprint density at radius 2 is 1.02 bits per heavy atom. The van der Waals surface area contributed by atoms with Gasteiger partial charge in [0.2, 0.25) is 0 Å². The van der Waals surface area contributed by atoms with E-state index in [9.17, 15) is 33.6 Å². The van der Waals surface area contributed by atoms with Gasteiger partial charge in [0.15, 0.2) is 12.2 Å². The zero-order chi connectivity index (χ0) is 35.2. The lowest BCUT2D eigenvalue weighted by atomic mass is 9.98. The van der Waals surface area contributed by atoms with Gasteiger partial charge in [0.25, 0.3) is 0 Å². The molecule has 0 aliphatic heterocycles. The van der Waals surface area contributed by atoms with Gasteiger partial charge in [-0.15, -0.1) is 0 Å². The highest BCUT2D eigenvalue weighted by molar-refractivity contribution is 6.05. The molecule has 0 aromatic heterocycles. The van der Waals surface area contributed by atoms with Crippen molar-refractivity contribution in [3.8, 4) is 0 Å². The maximum absolute atomic E-state index is 13.2. The molecular weight excluding hydrogens is 608 g/mol. The Morgan fingerprint density at radius 1 is 0.609 bits per heavy atom. The number of benzene rings is 1. The summed E-state index contributed by atoms with van der Waals surface area (Å²) in [6, 6.07) is 3.39. The Balaban J connectivity index is 3.24. The van der Waals surface area contributed by atoms with Gasteiger partial charge < -0.3 is 33.2 Å². The summed E-state index contributed by atoms with van der Waals surface area (Å²) in [5.41, 5.74) is -1.05. The Kier molecular flexibility index (Phi) is 15.3. The minimum absolute atomic E-state index is 0.000215. The third-order valence-electron chi connectivity index (χ3n) is 5.29. The molecule has 14 heteroatoms. The van der Waals surface area contributed by atoms with Crippen LogP contribution in [0.3, 0.4) is 0 Å². The van der Waals surface area contributed by atoms with Gasteiger partial charge in [0.1, 0.15) is 26.4 Å². The van der Waals surface area contributed by atoms with Crippen molar-refractivity contribution >= 4 is 41.8 Å². The molecule has 0 amide bonds. The summed E-state index contributed by atoms with van der Waals surface area (Å²) >= 11 is 0. The third-order valence-corrected chi connectivity index (χ3v) is 5.29. The van der Waals surface area contributed by atoms with Gasteiger partial charge in [-0.3, -0.25) is 9.59 Å². The second-order valence-corrected chi connectivity index (χ2v) is 11.3. The fourth-order valence-electron chi connectivity index (χ4n) is 3.16. The fourth-order valence-corrected chi connectivity index (χ4v) is 3.16. The van der Waals surface area contributed by atoms with Crippen LogP contribution in [-0.4, -0.2) is 87.0 Å². The Bertz CT molecular complexity index is 1350. The van der Waals surface area contributed by atoms with Gasteiger partial charge in [-0.1, -0.05) is 33.9 Å². The number of hydrogen-bond donors (Lipinski definition) is 0. The van der Waals surface area contributed by atoms with E-state index in [2.05, 4.69) is 13.2 Å². The van der Waals surface area contributed by atoms with E-state index < -0.39 is 85.8 Å². The van der Waals surface area contributed by atoms with Crippen LogP contribution >= 0.6 is 0 Å². The lowest BCUT2D eigenvalue weighted by molar-refractivity contribution is -0.157. The molecule has 0 aliphatic carbocycles. The second-order valence-electron chi connectivity index (χ2n) is 11.3. The average Bonchev–Trinajstić information content (AvgIpc) is 2.96. The zero-order valence-corrected chi connectivity index (χ0v) is 27.1. The van der Waals surface area contributed by atoms with E-state index in [0.29, 0.717) is 0 Å². The average molecular weight is 649 g/mol. The van der Waals surface area contributed by atoms with E-state index in [0.717, 1.165) is 26.0 Å². The molecule has 1 aromatic carbocycles. The molecule has 0 saturated heterocycles. The normalized spacial score (nSPS) is 12.0. The van der Waals surface area contributed by atoms with Gasteiger partial charge in [-0.05, 0) is 37.5 Å². The van der Waals surface area contributed by atoms with Crippen LogP contribution in [0.15, 0.2) is 42.5 Å². The topological polar surface area (TPSA) is 184 Å². The summed E-state index contributed by atoms with van der Waals surface area (Å²) in [5, 5.41) is 0. The van der Waals surface area contributed by atoms with E-state index >= 15 is 0 Å². The molecule has 1 rings (SSSR count). The van der Waals surface area contributed by atoms with Crippen LogP contribution in [0.25, 0.3) is 0 Å². The highest BCUT2D eigenvalue weighted by Gasteiger charge is 2.26. The molecule has 2 atom stereocenters. The van der Waals surface area contributed by atoms with Crippen molar-refractivity contribution in [2.24, 2.45) is 5.41 Å². The van der Waals surface area contributed by atoms with Crippen LogP contribution in [0.4, 0.5) is 0 Å². The molecule has 252 valence electrons. The predicted molar refractivity (Wildman–Crippen MR) is 159 cm³/mol. The van der Waals surface area contributed by atoms with Crippen LogP contribution in [-0.2, 0) is 52.3 Å². The Labute approximate surface area is 266 Å². The van der Waals surface area contributed by atoms with Crippen molar-refractivity contribution in [2.75, 3.05) is 33.0 Å². The van der Waals surface area contributed by atoms with E-state index in [1.807, 2.05) is 20.8 Å². The number of ether oxygens (including phenoxy) is 7. The van der Waals surface area contributed by atoms with E-state index in [1.165, 1.54) is 19.9 Å². The molecule has 2 unspecified atom stereocenters. The van der Waals surface area contributed by atoms with Crippen LogP contribution in [0, 0.1) is 5.41 Å². The first-order valence-electron chi connectivity index (χ1n) is 14.0. The van der Waals surface area contributed by atoms with E-state index in [4.69, 9.17) is 33.2 Å². The number of rotatable bonds is 16. The first-order chi connectivity index (χ1) is 21.3. The molecule has 1 aromatic rings. The van der Waals surface area contributed by atoms with E-state index in [-0.39, 0.29) is 34.4 Å². The molecule has 46 heavy (non-hydrogen) atoms. The number of carbonyl (C=O) groups is 7. The molecule has 0 bridgehead atoms. The van der Waals surface area contributed by atoms with Crippen molar-refractivity contribution < 1.29 is 66.7 Å².